The Morgan fingerprint density at radius 3 is 2.54 bits per heavy atom. The van der Waals surface area contributed by atoms with E-state index in [1.54, 1.807) is 0 Å². The fourth-order valence-corrected chi connectivity index (χ4v) is 3.44. The van der Waals surface area contributed by atoms with E-state index in [-0.39, 0.29) is 16.5 Å². The summed E-state index contributed by atoms with van der Waals surface area (Å²) >= 11 is 3.20. The minimum absolute atomic E-state index is 0.0949. The van der Waals surface area contributed by atoms with Crippen molar-refractivity contribution < 1.29 is 26.4 Å². The molecule has 0 bridgehead atoms. The normalized spacial score (nSPS) is 17.2. The largest absolute Gasteiger partial charge is 0.417 e. The predicted molar refractivity (Wildman–Crippen MR) is 97.8 cm³/mol. The molecule has 0 radical (unpaired) electrons. The van der Waals surface area contributed by atoms with Crippen molar-refractivity contribution in [2.24, 2.45) is 5.16 Å². The van der Waals surface area contributed by atoms with Crippen molar-refractivity contribution in [1.29, 1.82) is 0 Å². The van der Waals surface area contributed by atoms with Crippen LogP contribution in [-0.4, -0.2) is 30.1 Å². The summed E-state index contributed by atoms with van der Waals surface area (Å²) in [6, 6.07) is 3.38. The van der Waals surface area contributed by atoms with Crippen LogP contribution in [0.2, 0.25) is 0 Å². The molecule has 0 aromatic carbocycles. The van der Waals surface area contributed by atoms with Crippen LogP contribution in [0.1, 0.15) is 23.7 Å². The van der Waals surface area contributed by atoms with Crippen LogP contribution in [0.3, 0.4) is 0 Å². The highest BCUT2D eigenvalue weighted by molar-refractivity contribution is 9.18. The van der Waals surface area contributed by atoms with E-state index in [2.05, 4.69) is 41.1 Å². The van der Waals surface area contributed by atoms with E-state index in [4.69, 9.17) is 4.84 Å². The first-order valence-corrected chi connectivity index (χ1v) is 10.00. The summed E-state index contributed by atoms with van der Waals surface area (Å²) in [5, 5.41) is 6.55. The number of hydrogen-bond donors (Lipinski definition) is 2. The molecule has 150 valence electrons. The van der Waals surface area contributed by atoms with E-state index < -0.39 is 27.9 Å². The zero-order valence-corrected chi connectivity index (χ0v) is 16.6. The van der Waals surface area contributed by atoms with Crippen molar-refractivity contribution >= 4 is 42.2 Å². The van der Waals surface area contributed by atoms with Crippen LogP contribution >= 0.6 is 15.9 Å². The number of anilines is 2. The van der Waals surface area contributed by atoms with E-state index in [1.165, 1.54) is 13.1 Å². The number of alkyl halides is 3. The zero-order chi connectivity index (χ0) is 20.5. The molecule has 0 fully saturated rings. The van der Waals surface area contributed by atoms with Gasteiger partial charge in [-0.1, -0.05) is 5.16 Å². The average Bonchev–Trinajstić information content (AvgIpc) is 3.08. The van der Waals surface area contributed by atoms with E-state index in [9.17, 15) is 21.6 Å². The number of nitrogens with zero attached hydrogens (tertiary/aromatic N) is 3. The Bertz CT molecular complexity index is 1010. The third-order valence-corrected chi connectivity index (χ3v) is 5.64. The Morgan fingerprint density at radius 2 is 2.00 bits per heavy atom. The molecule has 0 saturated heterocycles. The van der Waals surface area contributed by atoms with Crippen molar-refractivity contribution in [3.8, 4) is 0 Å². The third-order valence-electron chi connectivity index (χ3n) is 3.79. The predicted octanol–water partition coefficient (Wildman–Crippen LogP) is 3.32. The van der Waals surface area contributed by atoms with Crippen LogP contribution in [0.4, 0.5) is 24.8 Å². The van der Waals surface area contributed by atoms with Gasteiger partial charge in [-0.2, -0.15) is 13.2 Å². The Balaban J connectivity index is 1.95. The maximum absolute atomic E-state index is 12.7. The second kappa shape index (κ2) is 7.64. The lowest BCUT2D eigenvalue weighted by atomic mass is 10.1. The minimum Gasteiger partial charge on any atom is -0.386 e. The number of aromatic nitrogens is 2. The maximum atomic E-state index is 12.7. The molecule has 2 aromatic heterocycles. The van der Waals surface area contributed by atoms with Crippen LogP contribution in [0.25, 0.3) is 0 Å². The van der Waals surface area contributed by atoms with Crippen LogP contribution in [0, 0.1) is 0 Å². The molecule has 3 rings (SSSR count). The lowest BCUT2D eigenvalue weighted by molar-refractivity contribution is -0.137. The van der Waals surface area contributed by atoms with Gasteiger partial charge in [0.25, 0.3) is 0 Å². The third kappa shape index (κ3) is 4.42. The summed E-state index contributed by atoms with van der Waals surface area (Å²) in [7, 11) is -2.50. The summed E-state index contributed by atoms with van der Waals surface area (Å²) in [6.45, 7) is 0. The molecule has 1 aliphatic rings. The van der Waals surface area contributed by atoms with Gasteiger partial charge >= 0.3 is 6.18 Å². The molecule has 0 spiro atoms. The molecule has 13 heteroatoms. The Morgan fingerprint density at radius 1 is 1.25 bits per heavy atom. The second-order valence-corrected chi connectivity index (χ2v) is 8.44. The molecular formula is C15H13BrF3N5O3S. The maximum Gasteiger partial charge on any atom is 0.417 e. The van der Waals surface area contributed by atoms with E-state index >= 15 is 0 Å². The molecule has 1 aliphatic heterocycles. The van der Waals surface area contributed by atoms with E-state index in [1.807, 2.05) is 0 Å². The molecule has 0 amide bonds. The molecule has 1 atom stereocenters. The van der Waals surface area contributed by atoms with Gasteiger partial charge in [-0.25, -0.2) is 23.1 Å². The molecule has 0 saturated carbocycles. The van der Waals surface area contributed by atoms with Crippen molar-refractivity contribution in [2.75, 3.05) is 12.4 Å². The first-order chi connectivity index (χ1) is 13.1. The highest BCUT2D eigenvalue weighted by Gasteiger charge is 2.31. The Kier molecular flexibility index (Phi) is 5.59. The summed E-state index contributed by atoms with van der Waals surface area (Å²) in [4.78, 5) is 13.0. The van der Waals surface area contributed by atoms with Gasteiger partial charge in [-0.05, 0) is 41.2 Å². The summed E-state index contributed by atoms with van der Waals surface area (Å²) < 4.78 is 64.9. The highest BCUT2D eigenvalue weighted by Crippen LogP contribution is 2.35. The smallest absolute Gasteiger partial charge is 0.386 e. The van der Waals surface area contributed by atoms with Crippen molar-refractivity contribution in [3.05, 3.63) is 41.7 Å². The van der Waals surface area contributed by atoms with Crippen LogP contribution in [0.15, 0.2) is 40.6 Å². The van der Waals surface area contributed by atoms with Gasteiger partial charge < -0.3 is 10.2 Å². The van der Waals surface area contributed by atoms with Crippen molar-refractivity contribution in [1.82, 2.24) is 14.7 Å². The van der Waals surface area contributed by atoms with Gasteiger partial charge in [0.2, 0.25) is 10.0 Å². The van der Waals surface area contributed by atoms with E-state index in [0.29, 0.717) is 22.8 Å². The molecule has 2 aromatic rings. The monoisotopic (exact) mass is 479 g/mol. The van der Waals surface area contributed by atoms with Gasteiger partial charge in [0.05, 0.1) is 5.56 Å². The quantitative estimate of drug-likeness (QED) is 0.681. The highest BCUT2D eigenvalue weighted by atomic mass is 79.9. The SMILES string of the molecule is CNS(=O)(=O)c1cnc(Nc2ccc(C(F)(F)F)cn2)c(C2CC(Br)=NO2)c1. The first-order valence-electron chi connectivity index (χ1n) is 7.72. The number of halogens is 4. The second-order valence-electron chi connectivity index (χ2n) is 5.64. The fourth-order valence-electron chi connectivity index (χ4n) is 2.35. The number of oxime groups is 1. The summed E-state index contributed by atoms with van der Waals surface area (Å²) in [5.74, 6) is 0.286. The number of sulfonamides is 1. The van der Waals surface area contributed by atoms with Crippen molar-refractivity contribution in [3.63, 3.8) is 0 Å². The zero-order valence-electron chi connectivity index (χ0n) is 14.2. The molecule has 0 aliphatic carbocycles. The van der Waals surface area contributed by atoms with Crippen LogP contribution < -0.4 is 10.0 Å². The molecule has 3 heterocycles. The van der Waals surface area contributed by atoms with Crippen LogP contribution in [0.5, 0.6) is 0 Å². The van der Waals surface area contributed by atoms with Crippen LogP contribution in [-0.2, 0) is 21.0 Å². The topological polar surface area (TPSA) is 106 Å². The van der Waals surface area contributed by atoms with E-state index in [0.717, 1.165) is 18.3 Å². The molecule has 1 unspecified atom stereocenters. The average molecular weight is 480 g/mol. The number of pyridine rings is 2. The first kappa shape index (κ1) is 20.5. The summed E-state index contributed by atoms with van der Waals surface area (Å²) in [5.41, 5.74) is -0.533. The molecule has 8 nitrogen and oxygen atoms in total. The number of hydrogen-bond acceptors (Lipinski definition) is 7. The van der Waals surface area contributed by atoms with Gasteiger partial charge in [-0.3, -0.25) is 0 Å². The molecule has 28 heavy (non-hydrogen) atoms. The van der Waals surface area contributed by atoms with Gasteiger partial charge in [0, 0.05) is 24.4 Å². The molecule has 2 N–H and O–H groups in total. The minimum atomic E-state index is -4.50. The standard InChI is InChI=1S/C15H13BrF3N5O3S/c1-20-28(25,26)9-4-10(11-5-12(16)24-27-11)14(22-7-9)23-13-3-2-8(6-21-13)15(17,18)19/h2-4,6-7,11,20H,5H2,1H3,(H,21,22,23). The molecular weight excluding hydrogens is 467 g/mol. The Hall–Kier alpha value is -2.25. The Labute approximate surface area is 166 Å². The van der Waals surface area contributed by atoms with Gasteiger partial charge in [-0.15, -0.1) is 0 Å². The van der Waals surface area contributed by atoms with Gasteiger partial charge in [0.1, 0.15) is 21.2 Å². The summed E-state index contributed by atoms with van der Waals surface area (Å²) in [6.07, 6.45) is -3.00. The lowest BCUT2D eigenvalue weighted by Crippen LogP contribution is -2.19. The number of rotatable bonds is 5. The fraction of sp³-hybridized carbons (Fsp3) is 0.267. The lowest BCUT2D eigenvalue weighted by Gasteiger charge is -2.16. The number of nitrogens with one attached hydrogen (secondary N) is 2. The van der Waals surface area contributed by atoms with Crippen molar-refractivity contribution in [2.45, 2.75) is 23.6 Å². The van der Waals surface area contributed by atoms with Gasteiger partial charge in [0.15, 0.2) is 6.10 Å².